The van der Waals surface area contributed by atoms with E-state index >= 15 is 0 Å². The van der Waals surface area contributed by atoms with Gasteiger partial charge in [0, 0.05) is 0 Å². The molecule has 0 amide bonds. The molecule has 0 aliphatic heterocycles. The summed E-state index contributed by atoms with van der Waals surface area (Å²) in [6.45, 7) is 3.55. The normalized spacial score (nSPS) is 14.0. The second kappa shape index (κ2) is 4.26. The molecule has 0 radical (unpaired) electrons. The molecule has 0 aliphatic rings. The van der Waals surface area contributed by atoms with E-state index in [2.05, 4.69) is 0 Å². The highest BCUT2D eigenvalue weighted by Crippen LogP contribution is 2.42. The Labute approximate surface area is 83.9 Å². The van der Waals surface area contributed by atoms with E-state index in [1.807, 2.05) is 31.2 Å². The van der Waals surface area contributed by atoms with Crippen LogP contribution in [0.1, 0.15) is 18.1 Å². The molecule has 1 rings (SSSR count). The highest BCUT2D eigenvalue weighted by Gasteiger charge is 2.23. The fourth-order valence-electron chi connectivity index (χ4n) is 1.18. The lowest BCUT2D eigenvalue weighted by Crippen LogP contribution is -2.06. The van der Waals surface area contributed by atoms with Gasteiger partial charge in [-0.05, 0) is 18.9 Å². The second-order valence-corrected chi connectivity index (χ2v) is 5.69. The van der Waals surface area contributed by atoms with Gasteiger partial charge in [0.2, 0.25) is 0 Å². The molecule has 1 aromatic carbocycles. The van der Waals surface area contributed by atoms with Gasteiger partial charge < -0.3 is 9.79 Å². The van der Waals surface area contributed by atoms with Crippen LogP contribution in [0.15, 0.2) is 24.3 Å². The monoisotopic (exact) mass is 214 g/mol. The Morgan fingerprint density at radius 3 is 2.21 bits per heavy atom. The first-order valence-corrected chi connectivity index (χ1v) is 6.18. The predicted molar refractivity (Wildman–Crippen MR) is 56.4 cm³/mol. The van der Waals surface area contributed by atoms with Crippen molar-refractivity contribution in [2.24, 2.45) is 0 Å². The summed E-state index contributed by atoms with van der Waals surface area (Å²) in [5, 5.41) is 0. The van der Waals surface area contributed by atoms with E-state index < -0.39 is 13.3 Å². The highest BCUT2D eigenvalue weighted by atomic mass is 31.2. The third kappa shape index (κ3) is 3.26. The van der Waals surface area contributed by atoms with Crippen LogP contribution in [-0.4, -0.2) is 15.4 Å². The lowest BCUT2D eigenvalue weighted by Gasteiger charge is -2.13. The third-order valence-corrected chi connectivity index (χ3v) is 3.56. The van der Waals surface area contributed by atoms with Crippen LogP contribution in [0.5, 0.6) is 0 Å². The molecule has 0 heterocycles. The van der Waals surface area contributed by atoms with Crippen molar-refractivity contribution < 1.29 is 14.4 Å². The van der Waals surface area contributed by atoms with E-state index in [-0.39, 0.29) is 0 Å². The van der Waals surface area contributed by atoms with Gasteiger partial charge in [-0.2, -0.15) is 0 Å². The lowest BCUT2D eigenvalue weighted by molar-refractivity contribution is 0.360. The Kier molecular flexibility index (Phi) is 3.48. The van der Waals surface area contributed by atoms with Gasteiger partial charge in [0.15, 0.2) is 0 Å². The van der Waals surface area contributed by atoms with Crippen LogP contribution < -0.4 is 0 Å². The first kappa shape index (κ1) is 11.4. The van der Waals surface area contributed by atoms with Crippen molar-refractivity contribution in [1.29, 1.82) is 0 Å². The summed E-state index contributed by atoms with van der Waals surface area (Å²) in [5.74, 6) is 0. The molecule has 0 spiro atoms. The summed E-state index contributed by atoms with van der Waals surface area (Å²) in [5.41, 5.74) is 1.51. The molecule has 2 N–H and O–H groups in total. The fourth-order valence-corrected chi connectivity index (χ4v) is 1.63. The Hall–Kier alpha value is -0.630. The largest absolute Gasteiger partial charge is 0.328 e. The summed E-state index contributed by atoms with van der Waals surface area (Å²) in [6.07, 6.45) is 0.421. The smallest absolute Gasteiger partial charge is 0.324 e. The standard InChI is InChI=1S/C10H15O3P/c1-8-3-5-10(6-4-8)7-9(2)14(11,12)13/h3-6,9H,7H2,1-2H3,(H2,11,12,13). The first-order valence-electron chi connectivity index (χ1n) is 4.50. The summed E-state index contributed by atoms with van der Waals surface area (Å²) in [7, 11) is -3.93. The molecular formula is C10H15O3P. The van der Waals surface area contributed by atoms with Gasteiger partial charge in [0.25, 0.3) is 0 Å². The molecule has 0 saturated heterocycles. The second-order valence-electron chi connectivity index (χ2n) is 3.63. The fraction of sp³-hybridized carbons (Fsp3) is 0.400. The zero-order valence-corrected chi connectivity index (χ0v) is 9.24. The predicted octanol–water partition coefficient (Wildman–Crippen LogP) is 2.10. The molecule has 4 heteroatoms. The van der Waals surface area contributed by atoms with E-state index in [0.717, 1.165) is 11.1 Å². The van der Waals surface area contributed by atoms with Crippen molar-refractivity contribution in [2.45, 2.75) is 25.9 Å². The lowest BCUT2D eigenvalue weighted by atomic mass is 10.1. The Morgan fingerprint density at radius 2 is 1.79 bits per heavy atom. The molecule has 0 aliphatic carbocycles. The van der Waals surface area contributed by atoms with E-state index in [1.165, 1.54) is 0 Å². The van der Waals surface area contributed by atoms with Crippen molar-refractivity contribution in [2.75, 3.05) is 0 Å². The zero-order valence-electron chi connectivity index (χ0n) is 8.34. The van der Waals surface area contributed by atoms with Gasteiger partial charge in [0.1, 0.15) is 0 Å². The molecule has 0 fully saturated rings. The number of aryl methyl sites for hydroxylation is 1. The molecule has 0 bridgehead atoms. The Morgan fingerprint density at radius 1 is 1.29 bits per heavy atom. The Balaban J connectivity index is 2.70. The topological polar surface area (TPSA) is 57.5 Å². The van der Waals surface area contributed by atoms with Crippen LogP contribution in [0.4, 0.5) is 0 Å². The minimum Gasteiger partial charge on any atom is -0.324 e. The molecule has 1 unspecified atom stereocenters. The highest BCUT2D eigenvalue weighted by molar-refractivity contribution is 7.52. The van der Waals surface area contributed by atoms with Gasteiger partial charge in [-0.3, -0.25) is 4.57 Å². The minimum atomic E-state index is -3.93. The zero-order chi connectivity index (χ0) is 10.8. The van der Waals surface area contributed by atoms with Gasteiger partial charge >= 0.3 is 7.60 Å². The summed E-state index contributed by atoms with van der Waals surface area (Å²) in [6, 6.07) is 7.70. The Bertz CT molecular complexity index is 339. The number of hydrogen-bond donors (Lipinski definition) is 2. The molecule has 1 aromatic rings. The van der Waals surface area contributed by atoms with Gasteiger partial charge in [0.05, 0.1) is 5.66 Å². The summed E-state index contributed by atoms with van der Waals surface area (Å²) >= 11 is 0. The molecule has 1 atom stereocenters. The van der Waals surface area contributed by atoms with Crippen LogP contribution in [0.2, 0.25) is 0 Å². The SMILES string of the molecule is Cc1ccc(CC(C)P(=O)(O)O)cc1. The third-order valence-electron chi connectivity index (χ3n) is 2.23. The van der Waals surface area contributed by atoms with Crippen molar-refractivity contribution >= 4 is 7.60 Å². The maximum absolute atomic E-state index is 10.9. The molecule has 3 nitrogen and oxygen atoms in total. The molecule has 0 saturated carbocycles. The van der Waals surface area contributed by atoms with Crippen molar-refractivity contribution in [3.05, 3.63) is 35.4 Å². The van der Waals surface area contributed by atoms with E-state index in [0.29, 0.717) is 6.42 Å². The average Bonchev–Trinajstić information content (AvgIpc) is 2.07. The van der Waals surface area contributed by atoms with E-state index in [4.69, 9.17) is 9.79 Å². The van der Waals surface area contributed by atoms with Crippen LogP contribution in [0, 0.1) is 6.92 Å². The van der Waals surface area contributed by atoms with Gasteiger partial charge in [-0.15, -0.1) is 0 Å². The van der Waals surface area contributed by atoms with Crippen molar-refractivity contribution in [3.8, 4) is 0 Å². The number of rotatable bonds is 3. The quantitative estimate of drug-likeness (QED) is 0.757. The number of benzene rings is 1. The van der Waals surface area contributed by atoms with Crippen LogP contribution in [0.3, 0.4) is 0 Å². The summed E-state index contributed by atoms with van der Waals surface area (Å²) in [4.78, 5) is 17.8. The van der Waals surface area contributed by atoms with Gasteiger partial charge in [-0.1, -0.05) is 36.8 Å². The van der Waals surface area contributed by atoms with Crippen LogP contribution in [-0.2, 0) is 11.0 Å². The average molecular weight is 214 g/mol. The maximum Gasteiger partial charge on any atom is 0.328 e. The molecular weight excluding hydrogens is 199 g/mol. The summed E-state index contributed by atoms with van der Waals surface area (Å²) < 4.78 is 10.9. The minimum absolute atomic E-state index is 0.421. The molecule has 14 heavy (non-hydrogen) atoms. The van der Waals surface area contributed by atoms with E-state index in [9.17, 15) is 4.57 Å². The van der Waals surface area contributed by atoms with Crippen LogP contribution in [0.25, 0.3) is 0 Å². The van der Waals surface area contributed by atoms with Crippen molar-refractivity contribution in [3.63, 3.8) is 0 Å². The maximum atomic E-state index is 10.9. The first-order chi connectivity index (χ1) is 6.39. The molecule has 78 valence electrons. The number of hydrogen-bond acceptors (Lipinski definition) is 1. The van der Waals surface area contributed by atoms with Crippen LogP contribution >= 0.6 is 7.60 Å². The molecule has 0 aromatic heterocycles. The van der Waals surface area contributed by atoms with Crippen molar-refractivity contribution in [1.82, 2.24) is 0 Å². The van der Waals surface area contributed by atoms with E-state index in [1.54, 1.807) is 6.92 Å². The van der Waals surface area contributed by atoms with Gasteiger partial charge in [-0.25, -0.2) is 0 Å².